The predicted octanol–water partition coefficient (Wildman–Crippen LogP) is 5.81. The Labute approximate surface area is 165 Å². The molecule has 3 aromatic rings. The lowest BCUT2D eigenvalue weighted by atomic mass is 10.1. The Morgan fingerprint density at radius 1 is 1.15 bits per heavy atom. The molecule has 4 nitrogen and oxygen atoms in total. The van der Waals surface area contributed by atoms with Crippen molar-refractivity contribution >= 4 is 29.1 Å². The normalized spacial score (nSPS) is 11.7. The van der Waals surface area contributed by atoms with Gasteiger partial charge in [-0.25, -0.2) is 9.37 Å². The number of aromatic nitrogens is 1. The van der Waals surface area contributed by atoms with Crippen molar-refractivity contribution in [3.63, 3.8) is 0 Å². The van der Waals surface area contributed by atoms with Crippen LogP contribution >= 0.6 is 23.2 Å². The Hall–Kier alpha value is -2.63. The molecule has 1 aromatic heterocycles. The molecule has 1 atom stereocenters. The van der Waals surface area contributed by atoms with Gasteiger partial charge in [-0.2, -0.15) is 0 Å². The molecule has 0 aliphatic carbocycles. The van der Waals surface area contributed by atoms with Crippen LogP contribution in [0.1, 0.15) is 28.9 Å². The Balaban J connectivity index is 1.84. The van der Waals surface area contributed by atoms with Gasteiger partial charge in [-0.3, -0.25) is 4.79 Å². The van der Waals surface area contributed by atoms with Gasteiger partial charge in [0.15, 0.2) is 0 Å². The first-order valence-corrected chi connectivity index (χ1v) is 8.84. The molecule has 0 saturated carbocycles. The lowest BCUT2D eigenvalue weighted by Crippen LogP contribution is -2.27. The SMILES string of the molecule is C[C@H](NC(=O)c1cc(Cl)cnc1Oc1ccc(Cl)c(F)c1)c1ccccc1. The van der Waals surface area contributed by atoms with Crippen LogP contribution in [0, 0.1) is 5.82 Å². The second-order valence-corrected chi connectivity index (χ2v) is 6.63. The summed E-state index contributed by atoms with van der Waals surface area (Å²) in [5.74, 6) is -0.867. The van der Waals surface area contributed by atoms with Gasteiger partial charge >= 0.3 is 0 Å². The molecule has 0 saturated heterocycles. The van der Waals surface area contributed by atoms with Crippen molar-refractivity contribution in [2.75, 3.05) is 0 Å². The summed E-state index contributed by atoms with van der Waals surface area (Å²) in [6.45, 7) is 1.86. The Bertz CT molecular complexity index is 967. The van der Waals surface area contributed by atoms with E-state index in [9.17, 15) is 9.18 Å². The fraction of sp³-hybridized carbons (Fsp3) is 0.100. The number of carbonyl (C=O) groups excluding carboxylic acids is 1. The van der Waals surface area contributed by atoms with E-state index in [0.717, 1.165) is 11.6 Å². The minimum Gasteiger partial charge on any atom is -0.438 e. The molecule has 0 unspecified atom stereocenters. The zero-order valence-electron chi connectivity index (χ0n) is 14.2. The first-order chi connectivity index (χ1) is 12.9. The summed E-state index contributed by atoms with van der Waals surface area (Å²) in [7, 11) is 0. The van der Waals surface area contributed by atoms with Crippen LogP contribution in [0.5, 0.6) is 11.6 Å². The number of benzene rings is 2. The van der Waals surface area contributed by atoms with Gasteiger partial charge in [0.05, 0.1) is 16.1 Å². The molecule has 0 bridgehead atoms. The van der Waals surface area contributed by atoms with Crippen LogP contribution in [0.25, 0.3) is 0 Å². The number of nitrogens with one attached hydrogen (secondary N) is 1. The summed E-state index contributed by atoms with van der Waals surface area (Å²) in [4.78, 5) is 16.8. The van der Waals surface area contributed by atoms with Gasteiger partial charge in [-0.15, -0.1) is 0 Å². The number of nitrogens with zero attached hydrogens (tertiary/aromatic N) is 1. The number of ether oxygens (including phenoxy) is 1. The highest BCUT2D eigenvalue weighted by Crippen LogP contribution is 2.28. The summed E-state index contributed by atoms with van der Waals surface area (Å²) in [6.07, 6.45) is 1.35. The van der Waals surface area contributed by atoms with Gasteiger partial charge in [-0.1, -0.05) is 53.5 Å². The van der Waals surface area contributed by atoms with E-state index in [-0.39, 0.29) is 33.3 Å². The monoisotopic (exact) mass is 404 g/mol. The molecule has 2 aromatic carbocycles. The Morgan fingerprint density at radius 2 is 1.89 bits per heavy atom. The zero-order valence-corrected chi connectivity index (χ0v) is 15.8. The van der Waals surface area contributed by atoms with E-state index in [1.54, 1.807) is 0 Å². The average molecular weight is 405 g/mol. The third-order valence-electron chi connectivity index (χ3n) is 3.82. The van der Waals surface area contributed by atoms with Gasteiger partial charge in [0.1, 0.15) is 17.1 Å². The Morgan fingerprint density at radius 3 is 2.59 bits per heavy atom. The summed E-state index contributed by atoms with van der Waals surface area (Å²) >= 11 is 11.7. The number of rotatable bonds is 5. The molecule has 0 radical (unpaired) electrons. The van der Waals surface area contributed by atoms with Gasteiger partial charge in [0, 0.05) is 12.3 Å². The highest BCUT2D eigenvalue weighted by molar-refractivity contribution is 6.31. The topological polar surface area (TPSA) is 51.2 Å². The van der Waals surface area contributed by atoms with E-state index < -0.39 is 11.7 Å². The number of pyridine rings is 1. The standard InChI is InChI=1S/C20H15Cl2FN2O2/c1-12(13-5-3-2-4-6-13)25-19(26)16-9-14(21)11-24-20(16)27-15-7-8-17(22)18(23)10-15/h2-12H,1H3,(H,25,26)/t12-/m0/s1. The highest BCUT2D eigenvalue weighted by atomic mass is 35.5. The smallest absolute Gasteiger partial charge is 0.257 e. The summed E-state index contributed by atoms with van der Waals surface area (Å²) in [6, 6.07) is 14.7. The number of halogens is 3. The van der Waals surface area contributed by atoms with E-state index >= 15 is 0 Å². The van der Waals surface area contributed by atoms with Crippen molar-refractivity contribution in [1.29, 1.82) is 0 Å². The van der Waals surface area contributed by atoms with Crippen LogP contribution in [0.2, 0.25) is 10.0 Å². The van der Waals surface area contributed by atoms with Crippen molar-refractivity contribution in [3.8, 4) is 11.6 Å². The fourth-order valence-corrected chi connectivity index (χ4v) is 2.70. The maximum Gasteiger partial charge on any atom is 0.257 e. The molecule has 7 heteroatoms. The second kappa shape index (κ2) is 8.37. The van der Waals surface area contributed by atoms with Crippen LogP contribution in [0.3, 0.4) is 0 Å². The van der Waals surface area contributed by atoms with Crippen LogP contribution in [0.4, 0.5) is 4.39 Å². The minimum absolute atomic E-state index is 0.0129. The highest BCUT2D eigenvalue weighted by Gasteiger charge is 2.18. The van der Waals surface area contributed by atoms with Gasteiger partial charge in [0.25, 0.3) is 5.91 Å². The largest absolute Gasteiger partial charge is 0.438 e. The zero-order chi connectivity index (χ0) is 19.4. The summed E-state index contributed by atoms with van der Waals surface area (Å²) in [5.41, 5.74) is 1.09. The molecule has 27 heavy (non-hydrogen) atoms. The van der Waals surface area contributed by atoms with Crippen molar-refractivity contribution in [2.24, 2.45) is 0 Å². The molecule has 0 aliphatic heterocycles. The maximum atomic E-state index is 13.6. The van der Waals surface area contributed by atoms with Crippen LogP contribution in [-0.2, 0) is 0 Å². The summed E-state index contributed by atoms with van der Waals surface area (Å²) < 4.78 is 19.2. The number of amides is 1. The second-order valence-electron chi connectivity index (χ2n) is 5.79. The van der Waals surface area contributed by atoms with E-state index in [1.165, 1.54) is 24.4 Å². The third kappa shape index (κ3) is 4.76. The molecule has 1 N–H and O–H groups in total. The molecule has 1 heterocycles. The first kappa shape index (κ1) is 19.1. The van der Waals surface area contributed by atoms with Crippen molar-refractivity contribution in [2.45, 2.75) is 13.0 Å². The predicted molar refractivity (Wildman–Crippen MR) is 103 cm³/mol. The molecule has 0 aliphatic rings. The van der Waals surface area contributed by atoms with Crippen molar-refractivity contribution in [1.82, 2.24) is 10.3 Å². The van der Waals surface area contributed by atoms with E-state index in [2.05, 4.69) is 10.3 Å². The number of hydrogen-bond acceptors (Lipinski definition) is 3. The third-order valence-corrected chi connectivity index (χ3v) is 4.33. The van der Waals surface area contributed by atoms with E-state index in [0.29, 0.717) is 0 Å². The average Bonchev–Trinajstić information content (AvgIpc) is 2.66. The molecule has 0 spiro atoms. The fourth-order valence-electron chi connectivity index (χ4n) is 2.42. The van der Waals surface area contributed by atoms with Crippen molar-refractivity contribution in [3.05, 3.63) is 87.8 Å². The lowest BCUT2D eigenvalue weighted by Gasteiger charge is -2.16. The molecule has 3 rings (SSSR count). The van der Waals surface area contributed by atoms with Gasteiger partial charge < -0.3 is 10.1 Å². The van der Waals surface area contributed by atoms with Crippen LogP contribution < -0.4 is 10.1 Å². The van der Waals surface area contributed by atoms with Gasteiger partial charge in [-0.05, 0) is 30.7 Å². The Kier molecular flexibility index (Phi) is 5.94. The quantitative estimate of drug-likeness (QED) is 0.583. The molecule has 138 valence electrons. The molecular weight excluding hydrogens is 390 g/mol. The van der Waals surface area contributed by atoms with E-state index in [4.69, 9.17) is 27.9 Å². The maximum absolute atomic E-state index is 13.6. The van der Waals surface area contributed by atoms with E-state index in [1.807, 2.05) is 37.3 Å². The number of carbonyl (C=O) groups is 1. The van der Waals surface area contributed by atoms with Crippen LogP contribution in [-0.4, -0.2) is 10.9 Å². The van der Waals surface area contributed by atoms with Gasteiger partial charge in [0.2, 0.25) is 5.88 Å². The molecular formula is C20H15Cl2FN2O2. The van der Waals surface area contributed by atoms with Crippen molar-refractivity contribution < 1.29 is 13.9 Å². The summed E-state index contributed by atoms with van der Waals surface area (Å²) in [5, 5.41) is 3.13. The first-order valence-electron chi connectivity index (χ1n) is 8.08. The number of hydrogen-bond donors (Lipinski definition) is 1. The molecule has 1 amide bonds. The van der Waals surface area contributed by atoms with Crippen LogP contribution in [0.15, 0.2) is 60.8 Å². The lowest BCUT2D eigenvalue weighted by molar-refractivity contribution is 0.0937. The minimum atomic E-state index is -0.633. The molecule has 0 fully saturated rings.